The van der Waals surface area contributed by atoms with E-state index in [0.717, 1.165) is 51.4 Å². The molecule has 5 nitrogen and oxygen atoms in total. The van der Waals surface area contributed by atoms with Gasteiger partial charge in [0.15, 0.2) is 0 Å². The molecule has 5 heteroatoms. The number of hydrogen-bond acceptors (Lipinski definition) is 4. The van der Waals surface area contributed by atoms with Crippen LogP contribution in [0, 0.1) is 56.7 Å². The number of aliphatic hydroxyl groups is 2. The fraction of sp³-hybridized carbons (Fsp3) is 0.933. The fourth-order valence-corrected chi connectivity index (χ4v) is 11.2. The van der Waals surface area contributed by atoms with E-state index in [1.54, 1.807) is 6.92 Å². The van der Waals surface area contributed by atoms with Crippen molar-refractivity contribution < 1.29 is 24.9 Å². The molecule has 5 saturated carbocycles. The van der Waals surface area contributed by atoms with Crippen molar-refractivity contribution in [2.24, 2.45) is 56.7 Å². The minimum Gasteiger partial charge on any atom is -0.481 e. The maximum absolute atomic E-state index is 13.8. The van der Waals surface area contributed by atoms with Crippen LogP contribution >= 0.6 is 0 Å². The number of ketones is 1. The SMILES string of the molecule is CC1(C)[C@H](O)CC[C@]2(C)[C@H]3CC[C@H]4[C@@](C)(CC[C@@H]5[C@]4(C)CC[C@@H](O)[C@]5(C)C(=O)O)C[C@H]3C(=O)C[C@@H]12. The predicted molar refractivity (Wildman–Crippen MR) is 134 cm³/mol. The van der Waals surface area contributed by atoms with E-state index in [1.807, 2.05) is 0 Å². The number of carboxylic acids is 1. The number of aliphatic hydroxyl groups excluding tert-OH is 2. The molecule has 3 N–H and O–H groups in total. The highest BCUT2D eigenvalue weighted by atomic mass is 16.4. The zero-order valence-corrected chi connectivity index (χ0v) is 22.8. The molecule has 5 rings (SSSR count). The van der Waals surface area contributed by atoms with Crippen LogP contribution in [0.3, 0.4) is 0 Å². The monoisotopic (exact) mass is 488 g/mol. The molecule has 198 valence electrons. The van der Waals surface area contributed by atoms with E-state index in [0.29, 0.717) is 30.5 Å². The summed E-state index contributed by atoms with van der Waals surface area (Å²) in [6.45, 7) is 13.2. The molecule has 0 bridgehead atoms. The highest BCUT2D eigenvalue weighted by Crippen LogP contribution is 2.70. The van der Waals surface area contributed by atoms with Crippen LogP contribution in [-0.2, 0) is 9.59 Å². The largest absolute Gasteiger partial charge is 0.481 e. The molecule has 35 heavy (non-hydrogen) atoms. The number of carbonyl (C=O) groups is 2. The van der Waals surface area contributed by atoms with E-state index in [4.69, 9.17) is 0 Å². The lowest BCUT2D eigenvalue weighted by molar-refractivity contribution is -0.200. The first-order valence-corrected chi connectivity index (χ1v) is 14.2. The molecule has 5 aliphatic carbocycles. The van der Waals surface area contributed by atoms with Crippen LogP contribution in [0.15, 0.2) is 0 Å². The summed E-state index contributed by atoms with van der Waals surface area (Å²) in [5, 5.41) is 31.9. The molecule has 0 heterocycles. The van der Waals surface area contributed by atoms with Crippen molar-refractivity contribution in [1.82, 2.24) is 0 Å². The van der Waals surface area contributed by atoms with Crippen LogP contribution in [-0.4, -0.2) is 39.3 Å². The molecule has 0 aliphatic heterocycles. The van der Waals surface area contributed by atoms with Gasteiger partial charge in [-0.2, -0.15) is 0 Å². The average Bonchev–Trinajstić information content (AvgIpc) is 2.94. The Morgan fingerprint density at radius 3 is 2.06 bits per heavy atom. The molecule has 5 aliphatic rings. The first-order valence-electron chi connectivity index (χ1n) is 14.2. The first-order chi connectivity index (χ1) is 16.1. The van der Waals surface area contributed by atoms with Gasteiger partial charge in [0.1, 0.15) is 5.78 Å². The van der Waals surface area contributed by atoms with E-state index < -0.39 is 17.5 Å². The number of fused-ring (bicyclic) bond motifs is 6. The summed E-state index contributed by atoms with van der Waals surface area (Å²) in [6.07, 6.45) is 7.37. The van der Waals surface area contributed by atoms with Crippen LogP contribution in [0.1, 0.15) is 106 Å². The molecule has 0 radical (unpaired) electrons. The van der Waals surface area contributed by atoms with E-state index in [-0.39, 0.29) is 45.5 Å². The van der Waals surface area contributed by atoms with Crippen LogP contribution in [0.2, 0.25) is 0 Å². The Morgan fingerprint density at radius 2 is 1.40 bits per heavy atom. The van der Waals surface area contributed by atoms with Crippen LogP contribution in [0.5, 0.6) is 0 Å². The van der Waals surface area contributed by atoms with Crippen molar-refractivity contribution in [3.8, 4) is 0 Å². The van der Waals surface area contributed by atoms with Crippen molar-refractivity contribution in [1.29, 1.82) is 0 Å². The standard InChI is InChI=1S/C30H48O5/c1-26(2)22-15-19(31)17-16-27(3)12-9-21-29(5,14-11-24(33)30(21,6)25(34)35)20(27)8-7-18(17)28(22,4)13-10-23(26)32/h17-18,20-24,32-33H,7-16H2,1-6H3,(H,34,35)/t17-,18+,20+,21-,22+,23-,24-,27+,28-,29-,30-/m1/s1. The summed E-state index contributed by atoms with van der Waals surface area (Å²) in [5.41, 5.74) is -1.42. The summed E-state index contributed by atoms with van der Waals surface area (Å²) in [5.74, 6) is 0.495. The van der Waals surface area contributed by atoms with E-state index >= 15 is 0 Å². The minimum atomic E-state index is -1.11. The van der Waals surface area contributed by atoms with Gasteiger partial charge in [0.05, 0.1) is 17.6 Å². The quantitative estimate of drug-likeness (QED) is 0.455. The van der Waals surface area contributed by atoms with E-state index in [9.17, 15) is 24.9 Å². The van der Waals surface area contributed by atoms with Crippen molar-refractivity contribution >= 4 is 11.8 Å². The second-order valence-electron chi connectivity index (χ2n) is 15.0. The number of rotatable bonds is 1. The van der Waals surface area contributed by atoms with Crippen LogP contribution in [0.4, 0.5) is 0 Å². The van der Waals surface area contributed by atoms with Gasteiger partial charge in [-0.25, -0.2) is 0 Å². The highest BCUT2D eigenvalue weighted by Gasteiger charge is 2.67. The Balaban J connectivity index is 1.53. The Labute approximate surface area is 211 Å². The Bertz CT molecular complexity index is 912. The lowest BCUT2D eigenvalue weighted by Gasteiger charge is -2.63. The van der Waals surface area contributed by atoms with Crippen LogP contribution < -0.4 is 0 Å². The third kappa shape index (κ3) is 3.25. The minimum absolute atomic E-state index is 0.0227. The summed E-state index contributed by atoms with van der Waals surface area (Å²) < 4.78 is 0. The molecule has 0 spiro atoms. The first kappa shape index (κ1) is 25.7. The third-order valence-corrected chi connectivity index (χ3v) is 13.4. The van der Waals surface area contributed by atoms with Gasteiger partial charge in [0, 0.05) is 12.3 Å². The Morgan fingerprint density at radius 1 is 0.771 bits per heavy atom. The van der Waals surface area contributed by atoms with Gasteiger partial charge in [-0.1, -0.05) is 34.6 Å². The van der Waals surface area contributed by atoms with E-state index in [1.165, 1.54) is 0 Å². The van der Waals surface area contributed by atoms with Crippen molar-refractivity contribution in [2.45, 2.75) is 118 Å². The molecule has 5 fully saturated rings. The van der Waals surface area contributed by atoms with Crippen molar-refractivity contribution in [3.05, 3.63) is 0 Å². The lowest BCUT2D eigenvalue weighted by atomic mass is 9.41. The maximum atomic E-state index is 13.8. The summed E-state index contributed by atoms with van der Waals surface area (Å²) in [6, 6.07) is 0. The van der Waals surface area contributed by atoms with Gasteiger partial charge < -0.3 is 15.3 Å². The zero-order chi connectivity index (χ0) is 25.8. The molecule has 11 atom stereocenters. The molecule has 0 unspecified atom stereocenters. The van der Waals surface area contributed by atoms with Gasteiger partial charge in [-0.05, 0) is 110 Å². The molecular weight excluding hydrogens is 440 g/mol. The highest BCUT2D eigenvalue weighted by molar-refractivity contribution is 5.83. The second kappa shape index (κ2) is 7.79. The Kier molecular flexibility index (Phi) is 5.72. The lowest BCUT2D eigenvalue weighted by Crippen LogP contribution is -2.62. The normalized spacial score (nSPS) is 55.5. The van der Waals surface area contributed by atoms with E-state index in [2.05, 4.69) is 34.6 Å². The van der Waals surface area contributed by atoms with Crippen molar-refractivity contribution in [3.63, 3.8) is 0 Å². The molecule has 0 amide bonds. The average molecular weight is 489 g/mol. The Hall–Kier alpha value is -0.940. The molecular formula is C30H48O5. The summed E-state index contributed by atoms with van der Waals surface area (Å²) in [4.78, 5) is 26.3. The second-order valence-corrected chi connectivity index (χ2v) is 15.0. The molecule has 0 saturated heterocycles. The number of carbonyl (C=O) groups excluding carboxylic acids is 1. The predicted octanol–water partition coefficient (Wildman–Crippen LogP) is 5.46. The zero-order valence-electron chi connectivity index (χ0n) is 22.8. The molecule has 0 aromatic heterocycles. The topological polar surface area (TPSA) is 94.8 Å². The van der Waals surface area contributed by atoms with Gasteiger partial charge in [0.25, 0.3) is 0 Å². The molecule has 0 aromatic rings. The number of Topliss-reactive ketones (excluding diaryl/α,β-unsaturated/α-hetero) is 1. The number of hydrogen-bond donors (Lipinski definition) is 3. The summed E-state index contributed by atoms with van der Waals surface area (Å²) >= 11 is 0. The van der Waals surface area contributed by atoms with Gasteiger partial charge >= 0.3 is 5.97 Å². The van der Waals surface area contributed by atoms with Gasteiger partial charge in [-0.3, -0.25) is 9.59 Å². The number of aliphatic carboxylic acids is 1. The van der Waals surface area contributed by atoms with Gasteiger partial charge in [0.2, 0.25) is 0 Å². The van der Waals surface area contributed by atoms with Crippen molar-refractivity contribution in [2.75, 3.05) is 0 Å². The van der Waals surface area contributed by atoms with Crippen LogP contribution in [0.25, 0.3) is 0 Å². The maximum Gasteiger partial charge on any atom is 0.312 e. The van der Waals surface area contributed by atoms with Gasteiger partial charge in [-0.15, -0.1) is 0 Å². The summed E-state index contributed by atoms with van der Waals surface area (Å²) in [7, 11) is 0. The third-order valence-electron chi connectivity index (χ3n) is 13.4. The molecule has 0 aromatic carbocycles. The fourth-order valence-electron chi connectivity index (χ4n) is 11.2. The smallest absolute Gasteiger partial charge is 0.312 e. The number of carboxylic acid groups (broad SMARTS) is 1.